The van der Waals surface area contributed by atoms with E-state index in [-0.39, 0.29) is 29.3 Å². The Labute approximate surface area is 160 Å². The molecule has 0 amide bonds. The maximum absolute atomic E-state index is 13.9. The SMILES string of the molecule is COC(=O)[C@]12C[C@@]1(c1ccnc(F)c1)[C@H]1O[C@@H]2C[C@@H]1O[Si](C)(C)C(C)(C)C. The minimum absolute atomic E-state index is 0.0771. The van der Waals surface area contributed by atoms with Crippen LogP contribution in [0.1, 0.15) is 39.2 Å². The predicted molar refractivity (Wildman–Crippen MR) is 100 cm³/mol. The van der Waals surface area contributed by atoms with E-state index in [0.717, 1.165) is 5.56 Å². The van der Waals surface area contributed by atoms with Gasteiger partial charge in [0.25, 0.3) is 0 Å². The third-order valence-corrected chi connectivity index (χ3v) is 11.9. The quantitative estimate of drug-likeness (QED) is 0.445. The van der Waals surface area contributed by atoms with E-state index in [2.05, 4.69) is 38.8 Å². The summed E-state index contributed by atoms with van der Waals surface area (Å²) in [7, 11) is -0.600. The molecule has 2 bridgehead atoms. The Hall–Kier alpha value is -1.31. The van der Waals surface area contributed by atoms with Gasteiger partial charge in [0.2, 0.25) is 5.95 Å². The second-order valence-corrected chi connectivity index (χ2v) is 14.4. The number of aromatic nitrogens is 1. The van der Waals surface area contributed by atoms with E-state index in [4.69, 9.17) is 13.9 Å². The van der Waals surface area contributed by atoms with Gasteiger partial charge in [0.15, 0.2) is 8.32 Å². The van der Waals surface area contributed by atoms with Gasteiger partial charge >= 0.3 is 5.97 Å². The Morgan fingerprint density at radius 1 is 1.41 bits per heavy atom. The smallest absolute Gasteiger partial charge is 0.315 e. The van der Waals surface area contributed by atoms with Gasteiger partial charge in [0, 0.05) is 18.0 Å². The fourth-order valence-electron chi connectivity index (χ4n) is 4.99. The molecular formula is C20H28FNO4Si. The molecule has 1 aliphatic carbocycles. The minimum Gasteiger partial charge on any atom is -0.468 e. The van der Waals surface area contributed by atoms with Crippen molar-refractivity contribution in [2.75, 3.05) is 7.11 Å². The van der Waals surface area contributed by atoms with Crippen LogP contribution >= 0.6 is 0 Å². The van der Waals surface area contributed by atoms with Gasteiger partial charge in [-0.1, -0.05) is 20.8 Å². The number of rotatable bonds is 4. The second kappa shape index (κ2) is 5.61. The molecule has 5 nitrogen and oxygen atoms in total. The lowest BCUT2D eigenvalue weighted by Gasteiger charge is -2.41. The van der Waals surface area contributed by atoms with Crippen LogP contribution in [0.2, 0.25) is 18.1 Å². The number of carbonyl (C=O) groups excluding carboxylic acids is 1. The van der Waals surface area contributed by atoms with Crippen molar-refractivity contribution in [1.82, 2.24) is 4.98 Å². The Kier molecular flexibility index (Phi) is 3.95. The number of methoxy groups -OCH3 is 1. The summed E-state index contributed by atoms with van der Waals surface area (Å²) in [6.45, 7) is 11.1. The maximum Gasteiger partial charge on any atom is 0.315 e. The predicted octanol–water partition coefficient (Wildman–Crippen LogP) is 3.58. The first-order valence-corrected chi connectivity index (χ1v) is 12.4. The summed E-state index contributed by atoms with van der Waals surface area (Å²) >= 11 is 0. The number of nitrogens with zero attached hydrogens (tertiary/aromatic N) is 1. The molecule has 0 spiro atoms. The summed E-state index contributed by atoms with van der Waals surface area (Å²) in [5.74, 6) is -0.810. The number of carbonyl (C=O) groups is 1. The molecule has 1 aromatic rings. The average Bonchev–Trinajstić information content (AvgIpc) is 3.05. The molecule has 5 atom stereocenters. The van der Waals surface area contributed by atoms with Crippen molar-refractivity contribution in [3.63, 3.8) is 0 Å². The molecule has 7 heteroatoms. The highest BCUT2D eigenvalue weighted by Gasteiger charge is 2.88. The number of pyridine rings is 1. The first-order valence-electron chi connectivity index (χ1n) is 9.53. The summed E-state index contributed by atoms with van der Waals surface area (Å²) in [5.41, 5.74) is -0.552. The lowest BCUT2D eigenvalue weighted by Crippen LogP contribution is -2.51. The lowest BCUT2D eigenvalue weighted by atomic mass is 9.74. The van der Waals surface area contributed by atoms with Gasteiger partial charge in [-0.3, -0.25) is 4.79 Å². The fourth-order valence-corrected chi connectivity index (χ4v) is 6.32. The highest BCUT2D eigenvalue weighted by molar-refractivity contribution is 6.74. The van der Waals surface area contributed by atoms with Crippen molar-refractivity contribution >= 4 is 14.3 Å². The number of fused-ring (bicyclic) bond motifs is 5. The minimum atomic E-state index is -2.01. The van der Waals surface area contributed by atoms with Crippen LogP contribution in [0.5, 0.6) is 0 Å². The van der Waals surface area contributed by atoms with E-state index >= 15 is 0 Å². The van der Waals surface area contributed by atoms with Gasteiger partial charge in [0.05, 0.1) is 25.4 Å². The molecule has 148 valence electrons. The monoisotopic (exact) mass is 393 g/mol. The van der Waals surface area contributed by atoms with Crippen LogP contribution in [0.3, 0.4) is 0 Å². The molecule has 1 aromatic heterocycles. The summed E-state index contributed by atoms with van der Waals surface area (Å²) in [5, 5.41) is 0.0771. The first kappa shape index (κ1) is 19.0. The topological polar surface area (TPSA) is 57.7 Å². The normalized spacial score (nSPS) is 37.2. The zero-order valence-corrected chi connectivity index (χ0v) is 17.8. The van der Waals surface area contributed by atoms with Gasteiger partial charge < -0.3 is 13.9 Å². The van der Waals surface area contributed by atoms with Crippen LogP contribution in [0.25, 0.3) is 0 Å². The fraction of sp³-hybridized carbons (Fsp3) is 0.700. The van der Waals surface area contributed by atoms with Crippen LogP contribution in [0.4, 0.5) is 4.39 Å². The van der Waals surface area contributed by atoms with Gasteiger partial charge in [-0.25, -0.2) is 4.98 Å². The standard InChI is InChI=1S/C20H28FNO4Si/c1-18(2,3)27(5,6)26-13-10-14-20(17(23)24-4)11-19(20,16(13)25-14)12-7-8-22-15(21)9-12/h7-9,13-14,16H,10-11H2,1-6H3/t13-,14+,16-,19+,20+/m0/s1. The summed E-state index contributed by atoms with van der Waals surface area (Å²) < 4.78 is 32.0. The zero-order valence-electron chi connectivity index (χ0n) is 16.8. The zero-order chi connectivity index (χ0) is 19.8. The Bertz CT molecular complexity index is 794. The van der Waals surface area contributed by atoms with Crippen molar-refractivity contribution in [3.8, 4) is 0 Å². The van der Waals surface area contributed by atoms with Crippen molar-refractivity contribution in [2.45, 2.75) is 75.5 Å². The molecule has 2 saturated heterocycles. The molecule has 3 heterocycles. The molecule has 0 aromatic carbocycles. The number of hydrogen-bond donors (Lipinski definition) is 0. The molecule has 4 rings (SSSR count). The molecule has 0 N–H and O–H groups in total. The molecule has 2 aliphatic heterocycles. The van der Waals surface area contributed by atoms with Gasteiger partial charge in [-0.2, -0.15) is 4.39 Å². The van der Waals surface area contributed by atoms with Crippen molar-refractivity contribution in [2.24, 2.45) is 5.41 Å². The first-order chi connectivity index (χ1) is 12.5. The average molecular weight is 394 g/mol. The summed E-state index contributed by atoms with van der Waals surface area (Å²) in [4.78, 5) is 16.4. The molecule has 0 unspecified atom stereocenters. The van der Waals surface area contributed by atoms with E-state index in [9.17, 15) is 9.18 Å². The van der Waals surface area contributed by atoms with Crippen LogP contribution in [0.15, 0.2) is 18.3 Å². The van der Waals surface area contributed by atoms with Crippen molar-refractivity contribution < 1.29 is 23.1 Å². The van der Waals surface area contributed by atoms with Gasteiger partial charge in [-0.15, -0.1) is 0 Å². The van der Waals surface area contributed by atoms with E-state index < -0.39 is 25.1 Å². The van der Waals surface area contributed by atoms with E-state index in [1.165, 1.54) is 19.4 Å². The van der Waals surface area contributed by atoms with Crippen molar-refractivity contribution in [1.29, 1.82) is 0 Å². The number of esters is 1. The van der Waals surface area contributed by atoms with E-state index in [1.807, 2.05) is 0 Å². The Morgan fingerprint density at radius 3 is 2.70 bits per heavy atom. The Morgan fingerprint density at radius 2 is 2.11 bits per heavy atom. The van der Waals surface area contributed by atoms with E-state index in [0.29, 0.717) is 12.8 Å². The molecule has 3 fully saturated rings. The number of hydrogen-bond acceptors (Lipinski definition) is 5. The number of halogens is 1. The summed E-state index contributed by atoms with van der Waals surface area (Å²) in [6.07, 6.45) is 2.14. The summed E-state index contributed by atoms with van der Waals surface area (Å²) in [6, 6.07) is 3.22. The van der Waals surface area contributed by atoms with Crippen LogP contribution in [-0.2, 0) is 24.1 Å². The largest absolute Gasteiger partial charge is 0.468 e. The number of ether oxygens (including phenoxy) is 2. The van der Waals surface area contributed by atoms with Gasteiger partial charge in [-0.05, 0) is 42.2 Å². The molecule has 27 heavy (non-hydrogen) atoms. The molecule has 0 radical (unpaired) electrons. The van der Waals surface area contributed by atoms with E-state index in [1.54, 1.807) is 6.07 Å². The van der Waals surface area contributed by atoms with Crippen molar-refractivity contribution in [3.05, 3.63) is 29.8 Å². The third-order valence-electron chi connectivity index (χ3n) is 7.40. The van der Waals surface area contributed by atoms with Crippen LogP contribution in [-0.4, -0.2) is 44.7 Å². The maximum atomic E-state index is 13.9. The van der Waals surface area contributed by atoms with Crippen LogP contribution in [0, 0.1) is 11.4 Å². The molecular weight excluding hydrogens is 365 g/mol. The molecule has 1 saturated carbocycles. The lowest BCUT2D eigenvalue weighted by molar-refractivity contribution is -0.150. The highest BCUT2D eigenvalue weighted by atomic mass is 28.4. The second-order valence-electron chi connectivity index (χ2n) is 9.68. The third kappa shape index (κ3) is 2.34. The molecule has 3 aliphatic rings. The highest BCUT2D eigenvalue weighted by Crippen LogP contribution is 2.78. The Balaban J connectivity index is 1.72. The van der Waals surface area contributed by atoms with Gasteiger partial charge in [0.1, 0.15) is 5.41 Å². The van der Waals surface area contributed by atoms with Crippen LogP contribution < -0.4 is 0 Å².